The van der Waals surface area contributed by atoms with Crippen molar-refractivity contribution in [2.24, 2.45) is 0 Å². The molecule has 0 bridgehead atoms. The van der Waals surface area contributed by atoms with Gasteiger partial charge in [0.15, 0.2) is 5.65 Å². The van der Waals surface area contributed by atoms with Crippen LogP contribution in [0.5, 0.6) is 0 Å². The van der Waals surface area contributed by atoms with E-state index in [9.17, 15) is 0 Å². The molecule has 0 amide bonds. The maximum atomic E-state index is 6.02. The highest BCUT2D eigenvalue weighted by Crippen LogP contribution is 2.30. The lowest BCUT2D eigenvalue weighted by Crippen LogP contribution is -2.16. The van der Waals surface area contributed by atoms with Gasteiger partial charge in [-0.15, -0.1) is 5.10 Å². The van der Waals surface area contributed by atoms with Crippen LogP contribution >= 0.6 is 11.6 Å². The molecule has 0 radical (unpaired) electrons. The topological polar surface area (TPSA) is 55.1 Å². The molecular weight excluding hydrogens is 346 g/mol. The van der Waals surface area contributed by atoms with E-state index in [0.717, 1.165) is 33.6 Å². The minimum absolute atomic E-state index is 0.489. The van der Waals surface area contributed by atoms with Crippen molar-refractivity contribution in [3.05, 3.63) is 53.6 Å². The fraction of sp³-hybridized carbons (Fsp3) is 0.250. The average molecular weight is 364 g/mol. The quantitative estimate of drug-likeness (QED) is 0.559. The number of hydrogen-bond donors (Lipinski definition) is 1. The number of anilines is 1. The van der Waals surface area contributed by atoms with E-state index in [4.69, 9.17) is 16.6 Å². The number of aromatic nitrogens is 4. The van der Waals surface area contributed by atoms with Gasteiger partial charge in [0.05, 0.1) is 5.52 Å². The van der Waals surface area contributed by atoms with E-state index in [1.54, 1.807) is 0 Å². The Bertz CT molecular complexity index is 1080. The molecule has 1 aliphatic carbocycles. The molecule has 2 heterocycles. The van der Waals surface area contributed by atoms with Gasteiger partial charge in [0.2, 0.25) is 0 Å². The molecule has 1 saturated carbocycles. The zero-order valence-electron chi connectivity index (χ0n) is 14.2. The Morgan fingerprint density at radius 2 is 1.77 bits per heavy atom. The molecule has 0 unspecified atom stereocenters. The fourth-order valence-corrected chi connectivity index (χ4v) is 3.86. The van der Waals surface area contributed by atoms with Crippen molar-refractivity contribution >= 4 is 34.0 Å². The second-order valence-electron chi connectivity index (χ2n) is 6.78. The SMILES string of the molecule is Clc1ccc(-c2nnn3c2nc(NC2CCCC2)c2ccccc23)cc1. The molecule has 2 aromatic heterocycles. The van der Waals surface area contributed by atoms with Crippen LogP contribution in [0.4, 0.5) is 5.82 Å². The Kier molecular flexibility index (Phi) is 3.75. The maximum Gasteiger partial charge on any atom is 0.186 e. The number of nitrogens with one attached hydrogen (secondary N) is 1. The lowest BCUT2D eigenvalue weighted by molar-refractivity contribution is 0.751. The van der Waals surface area contributed by atoms with E-state index in [1.165, 1.54) is 25.7 Å². The number of benzene rings is 2. The van der Waals surface area contributed by atoms with Gasteiger partial charge in [-0.2, -0.15) is 4.52 Å². The van der Waals surface area contributed by atoms with Crippen molar-refractivity contribution in [3.63, 3.8) is 0 Å². The van der Waals surface area contributed by atoms with E-state index in [0.29, 0.717) is 11.1 Å². The Labute approximate surface area is 156 Å². The zero-order valence-corrected chi connectivity index (χ0v) is 14.9. The average Bonchev–Trinajstić information content (AvgIpc) is 3.32. The summed E-state index contributed by atoms with van der Waals surface area (Å²) in [6.07, 6.45) is 4.95. The van der Waals surface area contributed by atoms with Gasteiger partial charge in [-0.25, -0.2) is 4.98 Å². The normalized spacial score (nSPS) is 15.1. The summed E-state index contributed by atoms with van der Waals surface area (Å²) in [5.74, 6) is 0.914. The summed E-state index contributed by atoms with van der Waals surface area (Å²) < 4.78 is 1.82. The lowest BCUT2D eigenvalue weighted by Gasteiger charge is -2.15. The Hall–Kier alpha value is -2.66. The van der Waals surface area contributed by atoms with Crippen molar-refractivity contribution in [1.82, 2.24) is 19.8 Å². The predicted molar refractivity (Wildman–Crippen MR) is 105 cm³/mol. The first-order chi connectivity index (χ1) is 12.8. The monoisotopic (exact) mass is 363 g/mol. The van der Waals surface area contributed by atoms with Crippen LogP contribution in [0.2, 0.25) is 5.02 Å². The molecule has 0 aliphatic heterocycles. The van der Waals surface area contributed by atoms with Gasteiger partial charge in [-0.3, -0.25) is 0 Å². The van der Waals surface area contributed by atoms with Crippen LogP contribution in [0, 0.1) is 0 Å². The summed E-state index contributed by atoms with van der Waals surface area (Å²) in [5, 5.41) is 14.2. The zero-order chi connectivity index (χ0) is 17.5. The summed E-state index contributed by atoms with van der Waals surface area (Å²) >= 11 is 6.02. The molecule has 6 heteroatoms. The molecule has 2 aromatic carbocycles. The van der Waals surface area contributed by atoms with E-state index in [1.807, 2.05) is 40.9 Å². The van der Waals surface area contributed by atoms with Crippen molar-refractivity contribution in [1.29, 1.82) is 0 Å². The maximum absolute atomic E-state index is 6.02. The van der Waals surface area contributed by atoms with Crippen LogP contribution in [-0.2, 0) is 0 Å². The second-order valence-corrected chi connectivity index (χ2v) is 7.22. The van der Waals surface area contributed by atoms with E-state index in [-0.39, 0.29) is 0 Å². The second kappa shape index (κ2) is 6.25. The van der Waals surface area contributed by atoms with Crippen LogP contribution in [-0.4, -0.2) is 25.9 Å². The van der Waals surface area contributed by atoms with E-state index in [2.05, 4.69) is 27.8 Å². The number of hydrogen-bond acceptors (Lipinski definition) is 4. The van der Waals surface area contributed by atoms with Crippen LogP contribution in [0.15, 0.2) is 48.5 Å². The highest BCUT2D eigenvalue weighted by atomic mass is 35.5. The van der Waals surface area contributed by atoms with Gasteiger partial charge in [0.1, 0.15) is 11.5 Å². The van der Waals surface area contributed by atoms with E-state index < -0.39 is 0 Å². The van der Waals surface area contributed by atoms with Crippen molar-refractivity contribution in [2.45, 2.75) is 31.7 Å². The third-order valence-corrected chi connectivity index (χ3v) is 5.32. The first kappa shape index (κ1) is 15.6. The van der Waals surface area contributed by atoms with Gasteiger partial charge in [0, 0.05) is 22.0 Å². The number of rotatable bonds is 3. The van der Waals surface area contributed by atoms with Crippen molar-refractivity contribution < 1.29 is 0 Å². The molecule has 0 atom stereocenters. The van der Waals surface area contributed by atoms with Crippen LogP contribution in [0.25, 0.3) is 27.8 Å². The summed E-state index contributed by atoms with van der Waals surface area (Å²) in [7, 11) is 0. The molecule has 4 aromatic rings. The van der Waals surface area contributed by atoms with Crippen molar-refractivity contribution in [3.8, 4) is 11.3 Å². The van der Waals surface area contributed by atoms with Crippen LogP contribution < -0.4 is 5.32 Å². The molecule has 0 saturated heterocycles. The molecule has 5 nitrogen and oxygen atoms in total. The summed E-state index contributed by atoms with van der Waals surface area (Å²) in [5.41, 5.74) is 3.48. The number of para-hydroxylation sites is 1. The Morgan fingerprint density at radius 1 is 1.00 bits per heavy atom. The standard InChI is InChI=1S/C20H18ClN5/c21-14-11-9-13(10-12-14)18-20-23-19(22-15-5-1-2-6-15)16-7-3-4-8-17(16)26(20)25-24-18/h3-4,7-12,15H,1-2,5-6H2,(H,22,23). The predicted octanol–water partition coefficient (Wildman–Crippen LogP) is 4.95. The van der Waals surface area contributed by atoms with E-state index >= 15 is 0 Å². The third-order valence-electron chi connectivity index (χ3n) is 5.07. The van der Waals surface area contributed by atoms with Gasteiger partial charge in [-0.1, -0.05) is 53.9 Å². The summed E-state index contributed by atoms with van der Waals surface area (Å²) in [6.45, 7) is 0. The number of fused-ring (bicyclic) bond motifs is 3. The third kappa shape index (κ3) is 2.59. The first-order valence-electron chi connectivity index (χ1n) is 8.96. The highest BCUT2D eigenvalue weighted by molar-refractivity contribution is 6.30. The molecule has 5 rings (SSSR count). The molecule has 1 aliphatic rings. The van der Waals surface area contributed by atoms with Crippen LogP contribution in [0.3, 0.4) is 0 Å². The Balaban J connectivity index is 1.71. The van der Waals surface area contributed by atoms with Gasteiger partial charge < -0.3 is 5.32 Å². The first-order valence-corrected chi connectivity index (χ1v) is 9.34. The van der Waals surface area contributed by atoms with Gasteiger partial charge >= 0.3 is 0 Å². The molecular formula is C20H18ClN5. The lowest BCUT2D eigenvalue weighted by atomic mass is 10.1. The van der Waals surface area contributed by atoms with Gasteiger partial charge in [0.25, 0.3) is 0 Å². The fourth-order valence-electron chi connectivity index (χ4n) is 3.73. The minimum atomic E-state index is 0.489. The number of halogens is 1. The molecule has 0 spiro atoms. The van der Waals surface area contributed by atoms with Gasteiger partial charge in [-0.05, 0) is 37.1 Å². The molecule has 1 N–H and O–H groups in total. The molecule has 1 fully saturated rings. The number of nitrogens with zero attached hydrogens (tertiary/aromatic N) is 4. The van der Waals surface area contributed by atoms with Crippen molar-refractivity contribution in [2.75, 3.05) is 5.32 Å². The highest BCUT2D eigenvalue weighted by Gasteiger charge is 2.19. The van der Waals surface area contributed by atoms with Crippen LogP contribution in [0.1, 0.15) is 25.7 Å². The minimum Gasteiger partial charge on any atom is -0.367 e. The smallest absolute Gasteiger partial charge is 0.186 e. The molecule has 130 valence electrons. The summed E-state index contributed by atoms with van der Waals surface area (Å²) in [4.78, 5) is 4.92. The molecule has 26 heavy (non-hydrogen) atoms. The largest absolute Gasteiger partial charge is 0.367 e. The Morgan fingerprint density at radius 3 is 2.58 bits per heavy atom. The summed E-state index contributed by atoms with van der Waals surface area (Å²) in [6, 6.07) is 16.3.